The van der Waals surface area contributed by atoms with Gasteiger partial charge in [0.25, 0.3) is 11.8 Å². The number of thiophene rings is 1. The molecule has 0 aliphatic heterocycles. The van der Waals surface area contributed by atoms with Gasteiger partial charge in [0, 0.05) is 10.9 Å². The Kier molecular flexibility index (Phi) is 3.87. The molecule has 0 fully saturated rings. The van der Waals surface area contributed by atoms with E-state index < -0.39 is 0 Å². The number of rotatable bonds is 4. The second kappa shape index (κ2) is 6.33. The topological polar surface area (TPSA) is 85.8 Å². The number of hydrogen-bond donors (Lipinski definition) is 1. The number of carbonyl (C=O) groups is 1. The normalized spacial score (nSPS) is 10.8. The number of carbonyl (C=O) groups excluding carboxylic acids is 1. The Morgan fingerprint density at radius 2 is 2.04 bits per heavy atom. The first-order chi connectivity index (χ1) is 12.2. The zero-order chi connectivity index (χ0) is 17.2. The van der Waals surface area contributed by atoms with E-state index in [1.165, 1.54) is 17.5 Å². The lowest BCUT2D eigenvalue weighted by Crippen LogP contribution is -2.13. The first-order valence-corrected chi connectivity index (χ1v) is 8.44. The molecular weight excluding hydrogens is 338 g/mol. The zero-order valence-electron chi connectivity index (χ0n) is 13.2. The number of amides is 1. The Hall–Kier alpha value is -3.26. The minimum absolute atomic E-state index is 0.0538. The summed E-state index contributed by atoms with van der Waals surface area (Å²) in [6, 6.07) is 11.5. The Balaban J connectivity index is 1.55. The van der Waals surface area contributed by atoms with Crippen LogP contribution >= 0.6 is 11.3 Å². The molecule has 1 amide bonds. The lowest BCUT2D eigenvalue weighted by Gasteiger charge is -2.04. The Morgan fingerprint density at radius 3 is 2.80 bits per heavy atom. The van der Waals surface area contributed by atoms with Crippen LogP contribution in [-0.2, 0) is 0 Å². The van der Waals surface area contributed by atoms with Gasteiger partial charge < -0.3 is 4.42 Å². The number of benzene rings is 1. The van der Waals surface area contributed by atoms with Crippen LogP contribution in [0.15, 0.2) is 57.8 Å². The molecule has 0 bridgehead atoms. The third-order valence-corrected chi connectivity index (χ3v) is 4.35. The van der Waals surface area contributed by atoms with Gasteiger partial charge in [-0.1, -0.05) is 23.3 Å². The first kappa shape index (κ1) is 15.3. The van der Waals surface area contributed by atoms with E-state index in [4.69, 9.17) is 4.42 Å². The van der Waals surface area contributed by atoms with E-state index in [9.17, 15) is 4.79 Å². The van der Waals surface area contributed by atoms with Gasteiger partial charge in [0.05, 0.1) is 23.1 Å². The summed E-state index contributed by atoms with van der Waals surface area (Å²) in [6.45, 7) is 1.83. The van der Waals surface area contributed by atoms with Crippen molar-refractivity contribution in [3.8, 4) is 17.1 Å². The van der Waals surface area contributed by atoms with Gasteiger partial charge in [-0.25, -0.2) is 4.68 Å². The van der Waals surface area contributed by atoms with Gasteiger partial charge in [0.2, 0.25) is 0 Å². The van der Waals surface area contributed by atoms with E-state index in [1.54, 1.807) is 4.68 Å². The van der Waals surface area contributed by atoms with Gasteiger partial charge in [-0.2, -0.15) is 16.4 Å². The van der Waals surface area contributed by atoms with Crippen LogP contribution in [0, 0.1) is 6.92 Å². The largest absolute Gasteiger partial charge is 0.403 e. The summed E-state index contributed by atoms with van der Waals surface area (Å²) in [5.74, 6) is 0.0217. The highest BCUT2D eigenvalue weighted by Gasteiger charge is 2.18. The highest BCUT2D eigenvalue weighted by atomic mass is 32.1. The average Bonchev–Trinajstić information content (AvgIpc) is 3.35. The monoisotopic (exact) mass is 351 g/mol. The number of nitrogens with zero attached hydrogens (tertiary/aromatic N) is 4. The molecule has 3 aromatic heterocycles. The van der Waals surface area contributed by atoms with Crippen molar-refractivity contribution < 1.29 is 9.21 Å². The molecule has 0 unspecified atom stereocenters. The molecule has 25 heavy (non-hydrogen) atoms. The van der Waals surface area contributed by atoms with E-state index in [0.717, 1.165) is 16.9 Å². The molecule has 0 aliphatic rings. The fraction of sp³-hybridized carbons (Fsp3) is 0.0588. The Labute approximate surface area is 146 Å². The second-order valence-corrected chi connectivity index (χ2v) is 6.05. The molecule has 0 spiro atoms. The second-order valence-electron chi connectivity index (χ2n) is 5.27. The van der Waals surface area contributed by atoms with E-state index in [1.807, 2.05) is 54.1 Å². The van der Waals surface area contributed by atoms with Crippen LogP contribution in [0.3, 0.4) is 0 Å². The van der Waals surface area contributed by atoms with E-state index in [0.29, 0.717) is 11.5 Å². The minimum atomic E-state index is -0.347. The fourth-order valence-electron chi connectivity index (χ4n) is 2.40. The highest BCUT2D eigenvalue weighted by Crippen LogP contribution is 2.22. The number of para-hydroxylation sites is 1. The number of hydrogen-bond acceptors (Lipinski definition) is 6. The molecule has 0 atom stereocenters. The molecule has 8 heteroatoms. The van der Waals surface area contributed by atoms with Crippen molar-refractivity contribution in [1.29, 1.82) is 0 Å². The molecule has 1 aromatic carbocycles. The predicted octanol–water partition coefficient (Wildman–Crippen LogP) is 3.54. The average molecular weight is 351 g/mol. The summed E-state index contributed by atoms with van der Waals surface area (Å²) in [4.78, 5) is 12.5. The maximum atomic E-state index is 12.5. The van der Waals surface area contributed by atoms with Gasteiger partial charge in [-0.15, -0.1) is 5.10 Å². The molecule has 0 saturated heterocycles. The van der Waals surface area contributed by atoms with Crippen molar-refractivity contribution in [2.45, 2.75) is 6.92 Å². The maximum Gasteiger partial charge on any atom is 0.322 e. The summed E-state index contributed by atoms with van der Waals surface area (Å²) in [7, 11) is 0. The minimum Gasteiger partial charge on any atom is -0.403 e. The Bertz CT molecular complexity index is 1010. The summed E-state index contributed by atoms with van der Waals surface area (Å²) in [6.07, 6.45) is 1.52. The van der Waals surface area contributed by atoms with Crippen LogP contribution in [0.4, 0.5) is 6.01 Å². The third kappa shape index (κ3) is 2.94. The van der Waals surface area contributed by atoms with Crippen LogP contribution < -0.4 is 5.32 Å². The summed E-state index contributed by atoms with van der Waals surface area (Å²) in [5.41, 5.74) is 2.88. The van der Waals surface area contributed by atoms with E-state index in [-0.39, 0.29) is 11.9 Å². The van der Waals surface area contributed by atoms with Crippen LogP contribution in [0.1, 0.15) is 16.1 Å². The van der Waals surface area contributed by atoms with Crippen LogP contribution in [-0.4, -0.2) is 25.9 Å². The molecule has 1 N–H and O–H groups in total. The lowest BCUT2D eigenvalue weighted by atomic mass is 10.2. The van der Waals surface area contributed by atoms with E-state index in [2.05, 4.69) is 20.6 Å². The maximum absolute atomic E-state index is 12.5. The van der Waals surface area contributed by atoms with Crippen molar-refractivity contribution in [2.75, 3.05) is 5.32 Å². The van der Waals surface area contributed by atoms with Crippen molar-refractivity contribution in [1.82, 2.24) is 20.0 Å². The van der Waals surface area contributed by atoms with Gasteiger partial charge in [-0.3, -0.25) is 10.1 Å². The SMILES string of the molecule is Cc1c(C(=O)Nc2nnc(-c3ccsc3)o2)cnn1-c1ccccc1. The number of anilines is 1. The van der Waals surface area contributed by atoms with Crippen molar-refractivity contribution in [3.05, 3.63) is 64.6 Å². The van der Waals surface area contributed by atoms with Crippen molar-refractivity contribution in [2.24, 2.45) is 0 Å². The predicted molar refractivity (Wildman–Crippen MR) is 93.9 cm³/mol. The smallest absolute Gasteiger partial charge is 0.322 e. The highest BCUT2D eigenvalue weighted by molar-refractivity contribution is 7.08. The van der Waals surface area contributed by atoms with Gasteiger partial charge in [0.15, 0.2) is 0 Å². The molecule has 0 saturated carbocycles. The summed E-state index contributed by atoms with van der Waals surface area (Å²) in [5, 5.41) is 18.5. The summed E-state index contributed by atoms with van der Waals surface area (Å²) >= 11 is 1.53. The van der Waals surface area contributed by atoms with Gasteiger partial charge in [0.1, 0.15) is 0 Å². The van der Waals surface area contributed by atoms with Crippen LogP contribution in [0.2, 0.25) is 0 Å². The first-order valence-electron chi connectivity index (χ1n) is 7.50. The van der Waals surface area contributed by atoms with Gasteiger partial charge >= 0.3 is 6.01 Å². The van der Waals surface area contributed by atoms with Crippen molar-refractivity contribution in [3.63, 3.8) is 0 Å². The molecule has 124 valence electrons. The number of nitrogens with one attached hydrogen (secondary N) is 1. The fourth-order valence-corrected chi connectivity index (χ4v) is 3.03. The molecule has 4 aromatic rings. The molecule has 0 aliphatic carbocycles. The summed E-state index contributed by atoms with van der Waals surface area (Å²) < 4.78 is 7.18. The third-order valence-electron chi connectivity index (χ3n) is 3.67. The lowest BCUT2D eigenvalue weighted by molar-refractivity contribution is 0.102. The molecule has 3 heterocycles. The van der Waals surface area contributed by atoms with E-state index >= 15 is 0 Å². The zero-order valence-corrected chi connectivity index (χ0v) is 14.0. The molecule has 7 nitrogen and oxygen atoms in total. The molecular formula is C17H13N5O2S. The van der Waals surface area contributed by atoms with Crippen molar-refractivity contribution >= 4 is 23.3 Å². The molecule has 4 rings (SSSR count). The number of aromatic nitrogens is 4. The van der Waals surface area contributed by atoms with Crippen LogP contribution in [0.5, 0.6) is 0 Å². The standard InChI is InChI=1S/C17H13N5O2S/c1-11-14(9-18-22(11)13-5-3-2-4-6-13)15(23)19-17-21-20-16(24-17)12-7-8-25-10-12/h2-10H,1H3,(H,19,21,23). The molecule has 0 radical (unpaired) electrons. The quantitative estimate of drug-likeness (QED) is 0.608. The Morgan fingerprint density at radius 1 is 1.20 bits per heavy atom. The van der Waals surface area contributed by atoms with Gasteiger partial charge in [-0.05, 0) is 30.5 Å². The van der Waals surface area contributed by atoms with Crippen LogP contribution in [0.25, 0.3) is 17.1 Å².